The molecule has 3 heterocycles. The van der Waals surface area contributed by atoms with Crippen LogP contribution in [0.1, 0.15) is 23.2 Å². The normalized spacial score (nSPS) is 15.4. The fraction of sp³-hybridized carbons (Fsp3) is 0.200. The molecule has 4 aromatic rings. The minimum absolute atomic E-state index is 0.0109. The Bertz CT molecular complexity index is 1390. The van der Waals surface area contributed by atoms with E-state index >= 15 is 0 Å². The van der Waals surface area contributed by atoms with Crippen LogP contribution in [0.4, 0.5) is 28.9 Å². The number of H-pyrrole nitrogens is 1. The number of hydrogen-bond acceptors (Lipinski definition) is 4. The number of fused-ring (bicyclic) bond motifs is 1. The molecule has 35 heavy (non-hydrogen) atoms. The average molecular weight is 484 g/mol. The van der Waals surface area contributed by atoms with E-state index in [1.165, 1.54) is 23.2 Å². The number of benzene rings is 2. The molecule has 3 N–H and O–H groups in total. The van der Waals surface area contributed by atoms with Gasteiger partial charge in [0.1, 0.15) is 11.6 Å². The molecule has 1 aliphatic heterocycles. The van der Waals surface area contributed by atoms with Crippen LogP contribution in [0.25, 0.3) is 22.2 Å². The molecule has 0 aliphatic carbocycles. The summed E-state index contributed by atoms with van der Waals surface area (Å²) >= 11 is 0. The Kier molecular flexibility index (Phi) is 5.58. The highest BCUT2D eigenvalue weighted by molar-refractivity contribution is 5.99. The largest absolute Gasteiger partial charge is 0.494 e. The van der Waals surface area contributed by atoms with Gasteiger partial charge in [0.25, 0.3) is 11.8 Å². The molecule has 0 unspecified atom stereocenters. The number of aromatic hydroxyl groups is 1. The number of carbonyl (C=O) groups is 1. The zero-order valence-electron chi connectivity index (χ0n) is 18.3. The van der Waals surface area contributed by atoms with Crippen molar-refractivity contribution < 1.29 is 27.5 Å². The third-order valence-corrected chi connectivity index (χ3v) is 6.04. The van der Waals surface area contributed by atoms with E-state index in [1.54, 1.807) is 24.3 Å². The standard InChI is InChI=1S/C25H20F4N4O2/c26-16-2-1-3-17(27)21(16)18-12-19(22-20(32-18)13-30-23(22)34)31-15-6-4-14(5-7-15)24(35)33-10-8-25(28,29)9-11-33/h1-7,12-13,30-31,34H,8-11H2. The Balaban J connectivity index is 1.43. The quantitative estimate of drug-likeness (QED) is 0.319. The van der Waals surface area contributed by atoms with Gasteiger partial charge in [0.2, 0.25) is 0 Å². The lowest BCUT2D eigenvalue weighted by Gasteiger charge is -2.31. The fourth-order valence-corrected chi connectivity index (χ4v) is 4.17. The molecule has 0 saturated carbocycles. The Labute approximate surface area is 197 Å². The maximum atomic E-state index is 14.4. The van der Waals surface area contributed by atoms with Crippen LogP contribution in [0.2, 0.25) is 0 Å². The highest BCUT2D eigenvalue weighted by Crippen LogP contribution is 2.37. The Morgan fingerprint density at radius 1 is 1.06 bits per heavy atom. The van der Waals surface area contributed by atoms with Gasteiger partial charge < -0.3 is 20.3 Å². The van der Waals surface area contributed by atoms with E-state index in [1.807, 2.05) is 0 Å². The molecule has 1 saturated heterocycles. The Hall–Kier alpha value is -4.08. The Morgan fingerprint density at radius 2 is 1.71 bits per heavy atom. The number of anilines is 2. The highest BCUT2D eigenvalue weighted by atomic mass is 19.3. The molecule has 0 spiro atoms. The summed E-state index contributed by atoms with van der Waals surface area (Å²) in [4.78, 5) is 21.0. The van der Waals surface area contributed by atoms with Gasteiger partial charge in [-0.25, -0.2) is 22.5 Å². The first-order chi connectivity index (χ1) is 16.7. The molecule has 0 bridgehead atoms. The Morgan fingerprint density at radius 3 is 2.37 bits per heavy atom. The number of amides is 1. The average Bonchev–Trinajstić information content (AvgIpc) is 3.20. The minimum Gasteiger partial charge on any atom is -0.494 e. The van der Waals surface area contributed by atoms with Crippen molar-refractivity contribution in [3.63, 3.8) is 0 Å². The van der Waals surface area contributed by atoms with Crippen molar-refractivity contribution in [1.82, 2.24) is 14.9 Å². The minimum atomic E-state index is -2.74. The summed E-state index contributed by atoms with van der Waals surface area (Å²) in [6.07, 6.45) is 0.699. The van der Waals surface area contributed by atoms with Crippen molar-refractivity contribution in [1.29, 1.82) is 0 Å². The lowest BCUT2D eigenvalue weighted by atomic mass is 10.1. The second-order valence-electron chi connectivity index (χ2n) is 8.40. The number of likely N-dealkylation sites (tertiary alicyclic amines) is 1. The van der Waals surface area contributed by atoms with Crippen LogP contribution in [0.15, 0.2) is 54.7 Å². The second kappa shape index (κ2) is 8.61. The molecule has 1 fully saturated rings. The van der Waals surface area contributed by atoms with Crippen LogP contribution in [0.3, 0.4) is 0 Å². The van der Waals surface area contributed by atoms with Gasteiger partial charge in [-0.1, -0.05) is 6.07 Å². The van der Waals surface area contributed by atoms with Gasteiger partial charge in [0, 0.05) is 43.4 Å². The molecule has 180 valence electrons. The van der Waals surface area contributed by atoms with Crippen molar-refractivity contribution in [3.8, 4) is 17.1 Å². The number of hydrogen-bond donors (Lipinski definition) is 3. The zero-order chi connectivity index (χ0) is 24.7. The fourth-order valence-electron chi connectivity index (χ4n) is 4.17. The number of pyridine rings is 1. The molecule has 5 rings (SSSR count). The second-order valence-corrected chi connectivity index (χ2v) is 8.40. The monoisotopic (exact) mass is 484 g/mol. The number of carbonyl (C=O) groups excluding carboxylic acids is 1. The molecule has 1 amide bonds. The lowest BCUT2D eigenvalue weighted by Crippen LogP contribution is -2.42. The topological polar surface area (TPSA) is 81.2 Å². The summed E-state index contributed by atoms with van der Waals surface area (Å²) in [7, 11) is 0. The zero-order valence-corrected chi connectivity index (χ0v) is 18.3. The first-order valence-corrected chi connectivity index (χ1v) is 10.9. The molecule has 1 aliphatic rings. The number of aromatic amines is 1. The molecule has 10 heteroatoms. The smallest absolute Gasteiger partial charge is 0.253 e. The van der Waals surface area contributed by atoms with E-state index in [0.29, 0.717) is 27.8 Å². The molecule has 2 aromatic carbocycles. The number of aromatic nitrogens is 2. The lowest BCUT2D eigenvalue weighted by molar-refractivity contribution is -0.0494. The van der Waals surface area contributed by atoms with Gasteiger partial charge >= 0.3 is 0 Å². The summed E-state index contributed by atoms with van der Waals surface area (Å²) in [5.41, 5.74) is 1.23. The van der Waals surface area contributed by atoms with Gasteiger partial charge in [-0.2, -0.15) is 0 Å². The molecule has 6 nitrogen and oxygen atoms in total. The van der Waals surface area contributed by atoms with Crippen LogP contribution in [-0.4, -0.2) is 44.9 Å². The maximum absolute atomic E-state index is 14.4. The highest BCUT2D eigenvalue weighted by Gasteiger charge is 2.35. The van der Waals surface area contributed by atoms with Gasteiger partial charge in [0.15, 0.2) is 5.88 Å². The number of halogens is 4. The van der Waals surface area contributed by atoms with E-state index < -0.39 is 17.6 Å². The molecular formula is C25H20F4N4O2. The van der Waals surface area contributed by atoms with Crippen LogP contribution in [0.5, 0.6) is 5.88 Å². The van der Waals surface area contributed by atoms with Crippen molar-refractivity contribution in [2.45, 2.75) is 18.8 Å². The number of piperidine rings is 1. The third-order valence-electron chi connectivity index (χ3n) is 6.04. The van der Waals surface area contributed by atoms with E-state index in [9.17, 15) is 27.5 Å². The number of nitrogens with zero attached hydrogens (tertiary/aromatic N) is 2. The molecule has 0 radical (unpaired) electrons. The van der Waals surface area contributed by atoms with Gasteiger partial charge in [-0.15, -0.1) is 0 Å². The summed E-state index contributed by atoms with van der Waals surface area (Å²) in [6.45, 7) is -0.0219. The van der Waals surface area contributed by atoms with Crippen LogP contribution in [0, 0.1) is 11.6 Å². The first kappa shape index (κ1) is 22.7. The van der Waals surface area contributed by atoms with E-state index in [2.05, 4.69) is 15.3 Å². The molecule has 2 aromatic heterocycles. The van der Waals surface area contributed by atoms with Crippen molar-refractivity contribution >= 4 is 28.2 Å². The summed E-state index contributed by atoms with van der Waals surface area (Å²) in [5.74, 6) is -4.81. The predicted molar refractivity (Wildman–Crippen MR) is 123 cm³/mol. The molecular weight excluding hydrogens is 464 g/mol. The van der Waals surface area contributed by atoms with Gasteiger partial charge in [-0.3, -0.25) is 4.79 Å². The van der Waals surface area contributed by atoms with E-state index in [0.717, 1.165) is 12.1 Å². The van der Waals surface area contributed by atoms with Gasteiger partial charge in [0.05, 0.1) is 27.8 Å². The third kappa shape index (κ3) is 4.39. The van der Waals surface area contributed by atoms with Gasteiger partial charge in [-0.05, 0) is 42.5 Å². The predicted octanol–water partition coefficient (Wildman–Crippen LogP) is 5.83. The number of alkyl halides is 2. The summed E-state index contributed by atoms with van der Waals surface area (Å²) in [6, 6.07) is 11.3. The summed E-state index contributed by atoms with van der Waals surface area (Å²) < 4.78 is 55.5. The van der Waals surface area contributed by atoms with Crippen LogP contribution >= 0.6 is 0 Å². The van der Waals surface area contributed by atoms with Crippen molar-refractivity contribution in [3.05, 3.63) is 71.9 Å². The number of nitrogens with one attached hydrogen (secondary N) is 2. The van der Waals surface area contributed by atoms with Crippen LogP contribution in [-0.2, 0) is 0 Å². The SMILES string of the molecule is O=C(c1ccc(Nc2cc(-c3c(F)cccc3F)nc3c[nH]c(O)c23)cc1)N1CCC(F)(F)CC1. The van der Waals surface area contributed by atoms with Crippen molar-refractivity contribution in [2.24, 2.45) is 0 Å². The van der Waals surface area contributed by atoms with E-state index in [-0.39, 0.29) is 49.0 Å². The van der Waals surface area contributed by atoms with Crippen molar-refractivity contribution in [2.75, 3.05) is 18.4 Å². The van der Waals surface area contributed by atoms with E-state index in [4.69, 9.17) is 0 Å². The maximum Gasteiger partial charge on any atom is 0.253 e. The summed E-state index contributed by atoms with van der Waals surface area (Å²) in [5, 5.41) is 13.7. The molecule has 0 atom stereocenters. The number of rotatable bonds is 4. The first-order valence-electron chi connectivity index (χ1n) is 10.9. The van der Waals surface area contributed by atoms with Crippen LogP contribution < -0.4 is 5.32 Å².